The van der Waals surface area contributed by atoms with Gasteiger partial charge < -0.3 is 15.3 Å². The van der Waals surface area contributed by atoms with Crippen LogP contribution >= 0.6 is 12.4 Å². The molecule has 0 unspecified atom stereocenters. The van der Waals surface area contributed by atoms with E-state index < -0.39 is 0 Å². The first-order chi connectivity index (χ1) is 6.79. The summed E-state index contributed by atoms with van der Waals surface area (Å²) >= 11 is 0. The molecule has 0 radical (unpaired) electrons. The third-order valence-corrected chi connectivity index (χ3v) is 2.71. The molecule has 4 nitrogen and oxygen atoms in total. The SMILES string of the molecule is CCN(CCO)C(=O)[C@@H]1CCCNC1.Cl. The van der Waals surface area contributed by atoms with Gasteiger partial charge in [-0.2, -0.15) is 0 Å². The van der Waals surface area contributed by atoms with Crippen molar-refractivity contribution in [2.24, 2.45) is 5.92 Å². The Morgan fingerprint density at radius 2 is 2.33 bits per heavy atom. The number of carbonyl (C=O) groups excluding carboxylic acids is 1. The Morgan fingerprint density at radius 3 is 2.80 bits per heavy atom. The van der Waals surface area contributed by atoms with Gasteiger partial charge in [0.25, 0.3) is 0 Å². The lowest BCUT2D eigenvalue weighted by Crippen LogP contribution is -2.43. The van der Waals surface area contributed by atoms with Crippen molar-refractivity contribution in [2.45, 2.75) is 19.8 Å². The Labute approximate surface area is 97.4 Å². The number of nitrogens with zero attached hydrogens (tertiary/aromatic N) is 1. The van der Waals surface area contributed by atoms with Gasteiger partial charge in [-0.3, -0.25) is 4.79 Å². The zero-order chi connectivity index (χ0) is 10.4. The van der Waals surface area contributed by atoms with Crippen LogP contribution in [0.3, 0.4) is 0 Å². The first-order valence-electron chi connectivity index (χ1n) is 5.40. The maximum atomic E-state index is 11.9. The van der Waals surface area contributed by atoms with Crippen molar-refractivity contribution in [1.82, 2.24) is 10.2 Å². The number of nitrogens with one attached hydrogen (secondary N) is 1. The molecular formula is C10H21ClN2O2. The van der Waals surface area contributed by atoms with Gasteiger partial charge >= 0.3 is 0 Å². The highest BCUT2D eigenvalue weighted by Gasteiger charge is 2.24. The molecule has 0 aromatic rings. The third-order valence-electron chi connectivity index (χ3n) is 2.71. The quantitative estimate of drug-likeness (QED) is 0.736. The molecule has 90 valence electrons. The van der Waals surface area contributed by atoms with E-state index in [4.69, 9.17) is 5.11 Å². The Kier molecular flexibility index (Phi) is 7.74. The van der Waals surface area contributed by atoms with Crippen LogP contribution in [0, 0.1) is 5.92 Å². The number of rotatable bonds is 4. The van der Waals surface area contributed by atoms with Crippen molar-refractivity contribution < 1.29 is 9.90 Å². The summed E-state index contributed by atoms with van der Waals surface area (Å²) in [4.78, 5) is 13.6. The van der Waals surface area contributed by atoms with Crippen molar-refractivity contribution in [3.8, 4) is 0 Å². The van der Waals surface area contributed by atoms with E-state index in [1.165, 1.54) is 0 Å². The van der Waals surface area contributed by atoms with Gasteiger partial charge in [0.05, 0.1) is 12.5 Å². The molecule has 5 heteroatoms. The minimum absolute atomic E-state index is 0. The molecule has 1 aliphatic rings. The Morgan fingerprint density at radius 1 is 1.60 bits per heavy atom. The lowest BCUT2D eigenvalue weighted by Gasteiger charge is -2.28. The van der Waals surface area contributed by atoms with Gasteiger partial charge in [0.1, 0.15) is 0 Å². The maximum Gasteiger partial charge on any atom is 0.227 e. The molecule has 0 aromatic heterocycles. The number of amides is 1. The van der Waals surface area contributed by atoms with Gasteiger partial charge in [0.2, 0.25) is 5.91 Å². The number of aliphatic hydroxyl groups excluding tert-OH is 1. The molecule has 1 saturated heterocycles. The van der Waals surface area contributed by atoms with Crippen LogP contribution in [0.4, 0.5) is 0 Å². The molecule has 0 spiro atoms. The minimum Gasteiger partial charge on any atom is -0.395 e. The molecule has 1 rings (SSSR count). The molecular weight excluding hydrogens is 216 g/mol. The second-order valence-electron chi connectivity index (χ2n) is 3.68. The second-order valence-corrected chi connectivity index (χ2v) is 3.68. The molecule has 0 saturated carbocycles. The fourth-order valence-electron chi connectivity index (χ4n) is 1.87. The van der Waals surface area contributed by atoms with Crippen LogP contribution in [0.5, 0.6) is 0 Å². The number of aliphatic hydroxyl groups is 1. The Bertz CT molecular complexity index is 178. The van der Waals surface area contributed by atoms with E-state index in [1.54, 1.807) is 4.90 Å². The average molecular weight is 237 g/mol. The summed E-state index contributed by atoms with van der Waals surface area (Å²) in [5.74, 6) is 0.309. The van der Waals surface area contributed by atoms with Gasteiger partial charge in [-0.1, -0.05) is 0 Å². The van der Waals surface area contributed by atoms with Crippen molar-refractivity contribution in [2.75, 3.05) is 32.8 Å². The molecule has 1 fully saturated rings. The fourth-order valence-corrected chi connectivity index (χ4v) is 1.87. The third kappa shape index (κ3) is 4.36. The van der Waals surface area contributed by atoms with Crippen LogP contribution in [-0.4, -0.2) is 48.7 Å². The number of likely N-dealkylation sites (N-methyl/N-ethyl adjacent to an activating group) is 1. The standard InChI is InChI=1S/C10H20N2O2.ClH/c1-2-12(6-7-13)10(14)9-4-3-5-11-8-9;/h9,11,13H,2-8H2,1H3;1H/t9-;/m1./s1. The number of hydrogen-bond acceptors (Lipinski definition) is 3. The van der Waals surface area contributed by atoms with Crippen LogP contribution in [0.2, 0.25) is 0 Å². The van der Waals surface area contributed by atoms with E-state index in [2.05, 4.69) is 5.32 Å². The lowest BCUT2D eigenvalue weighted by atomic mass is 9.98. The van der Waals surface area contributed by atoms with Gasteiger partial charge in [-0.15, -0.1) is 12.4 Å². The highest BCUT2D eigenvalue weighted by molar-refractivity contribution is 5.85. The summed E-state index contributed by atoms with van der Waals surface area (Å²) in [7, 11) is 0. The van der Waals surface area contributed by atoms with E-state index in [0.29, 0.717) is 13.1 Å². The zero-order valence-electron chi connectivity index (χ0n) is 9.24. The first-order valence-corrected chi connectivity index (χ1v) is 5.40. The Balaban J connectivity index is 0.00000196. The number of halogens is 1. The van der Waals surface area contributed by atoms with E-state index in [9.17, 15) is 4.79 Å². The van der Waals surface area contributed by atoms with Crippen molar-refractivity contribution >= 4 is 18.3 Å². The summed E-state index contributed by atoms with van der Waals surface area (Å²) in [6.07, 6.45) is 2.06. The van der Waals surface area contributed by atoms with Crippen LogP contribution < -0.4 is 5.32 Å². The lowest BCUT2D eigenvalue weighted by molar-refractivity contribution is -0.136. The number of carbonyl (C=O) groups is 1. The molecule has 1 aliphatic heterocycles. The zero-order valence-corrected chi connectivity index (χ0v) is 10.1. The molecule has 1 heterocycles. The highest BCUT2D eigenvalue weighted by atomic mass is 35.5. The van der Waals surface area contributed by atoms with Gasteiger partial charge in [0.15, 0.2) is 0 Å². The van der Waals surface area contributed by atoms with Crippen LogP contribution in [0.15, 0.2) is 0 Å². The van der Waals surface area contributed by atoms with E-state index in [1.807, 2.05) is 6.92 Å². The van der Waals surface area contributed by atoms with Crippen molar-refractivity contribution in [1.29, 1.82) is 0 Å². The minimum atomic E-state index is 0. The monoisotopic (exact) mass is 236 g/mol. The molecule has 1 atom stereocenters. The summed E-state index contributed by atoms with van der Waals surface area (Å²) in [6, 6.07) is 0. The molecule has 15 heavy (non-hydrogen) atoms. The van der Waals surface area contributed by atoms with Crippen LogP contribution in [0.1, 0.15) is 19.8 Å². The smallest absolute Gasteiger partial charge is 0.227 e. The maximum absolute atomic E-state index is 11.9. The molecule has 0 aliphatic carbocycles. The van der Waals surface area contributed by atoms with E-state index in [0.717, 1.165) is 25.9 Å². The Hall–Kier alpha value is -0.320. The van der Waals surface area contributed by atoms with Crippen LogP contribution in [-0.2, 0) is 4.79 Å². The van der Waals surface area contributed by atoms with Crippen molar-refractivity contribution in [3.63, 3.8) is 0 Å². The van der Waals surface area contributed by atoms with E-state index >= 15 is 0 Å². The number of piperidine rings is 1. The summed E-state index contributed by atoms with van der Waals surface area (Å²) in [5.41, 5.74) is 0. The molecule has 1 amide bonds. The topological polar surface area (TPSA) is 52.6 Å². The average Bonchev–Trinajstić information content (AvgIpc) is 2.26. The predicted molar refractivity (Wildman–Crippen MR) is 62.2 cm³/mol. The molecule has 0 bridgehead atoms. The molecule has 2 N–H and O–H groups in total. The highest BCUT2D eigenvalue weighted by Crippen LogP contribution is 2.12. The van der Waals surface area contributed by atoms with Gasteiger partial charge in [0, 0.05) is 19.6 Å². The molecule has 0 aromatic carbocycles. The normalized spacial score (nSPS) is 20.5. The number of hydrogen-bond donors (Lipinski definition) is 2. The first kappa shape index (κ1) is 14.7. The summed E-state index contributed by atoms with van der Waals surface area (Å²) in [5, 5.41) is 12.0. The summed E-state index contributed by atoms with van der Waals surface area (Å²) in [6.45, 7) is 4.97. The van der Waals surface area contributed by atoms with Crippen molar-refractivity contribution in [3.05, 3.63) is 0 Å². The van der Waals surface area contributed by atoms with Gasteiger partial charge in [-0.25, -0.2) is 0 Å². The fraction of sp³-hybridized carbons (Fsp3) is 0.900. The van der Waals surface area contributed by atoms with Crippen LogP contribution in [0.25, 0.3) is 0 Å². The van der Waals surface area contributed by atoms with E-state index in [-0.39, 0.29) is 30.8 Å². The predicted octanol–water partition coefficient (Wildman–Crippen LogP) is 0.249. The summed E-state index contributed by atoms with van der Waals surface area (Å²) < 4.78 is 0. The largest absolute Gasteiger partial charge is 0.395 e. The second kappa shape index (κ2) is 7.91. The van der Waals surface area contributed by atoms with Gasteiger partial charge in [-0.05, 0) is 26.3 Å².